The van der Waals surface area contributed by atoms with Gasteiger partial charge in [-0.3, -0.25) is 0 Å². The van der Waals surface area contributed by atoms with Crippen LogP contribution in [0.15, 0.2) is 69.6 Å². The Morgan fingerprint density at radius 1 is 0.769 bits per heavy atom. The molecule has 1 heterocycles. The molecule has 0 amide bonds. The van der Waals surface area contributed by atoms with Gasteiger partial charge in [-0.1, -0.05) is 28.1 Å². The molecule has 12 heteroatoms. The number of aromatic nitrogens is 2. The van der Waals surface area contributed by atoms with Crippen molar-refractivity contribution >= 4 is 26.0 Å². The van der Waals surface area contributed by atoms with Crippen LogP contribution in [0.4, 0.5) is 0 Å². The first-order valence-corrected chi connectivity index (χ1v) is 14.1. The zero-order chi connectivity index (χ0) is 28.0. The summed E-state index contributed by atoms with van der Waals surface area (Å²) >= 11 is 3.39. The smallest absolute Gasteiger partial charge is 0.247 e. The number of rotatable bonds is 12. The van der Waals surface area contributed by atoms with Gasteiger partial charge in [-0.2, -0.15) is 4.31 Å². The fourth-order valence-corrected chi connectivity index (χ4v) is 5.41. The van der Waals surface area contributed by atoms with E-state index in [0.29, 0.717) is 39.7 Å². The number of hydrogen-bond donors (Lipinski definition) is 0. The van der Waals surface area contributed by atoms with Crippen LogP contribution in [0.25, 0.3) is 11.5 Å². The monoisotopic (exact) mass is 617 g/mol. The second-order valence-corrected chi connectivity index (χ2v) is 11.3. The summed E-state index contributed by atoms with van der Waals surface area (Å²) in [7, 11) is 2.17. The normalized spacial score (nSPS) is 11.4. The van der Waals surface area contributed by atoms with Gasteiger partial charge >= 0.3 is 0 Å². The standard InChI is InChI=1S/C27H28BrN3O7S/c1-34-22-11-7-19(24(13-22)36-3)15-31(16-20-8-12-23(35-2)14-25(20)37-4)39(32,33)17-26-29-30-27(38-26)18-5-9-21(28)10-6-18/h5-14H,15-17H2,1-4H3. The van der Waals surface area contributed by atoms with Crippen LogP contribution in [0.5, 0.6) is 23.0 Å². The van der Waals surface area contributed by atoms with Gasteiger partial charge in [-0.25, -0.2) is 8.42 Å². The van der Waals surface area contributed by atoms with Crippen molar-refractivity contribution in [3.05, 3.63) is 82.2 Å². The summed E-state index contributed by atoms with van der Waals surface area (Å²) in [5.74, 6) is 1.88. The highest BCUT2D eigenvalue weighted by Gasteiger charge is 2.28. The van der Waals surface area contributed by atoms with E-state index in [0.717, 1.165) is 4.47 Å². The SMILES string of the molecule is COc1ccc(CN(Cc2ccc(OC)cc2OC)S(=O)(=O)Cc2nnc(-c3ccc(Br)cc3)o2)c(OC)c1. The van der Waals surface area contributed by atoms with Crippen LogP contribution < -0.4 is 18.9 Å². The summed E-state index contributed by atoms with van der Waals surface area (Å²) in [6, 6.07) is 17.7. The molecule has 0 aliphatic rings. The van der Waals surface area contributed by atoms with Crippen molar-refractivity contribution in [1.82, 2.24) is 14.5 Å². The van der Waals surface area contributed by atoms with Gasteiger partial charge in [0.25, 0.3) is 0 Å². The molecule has 206 valence electrons. The lowest BCUT2D eigenvalue weighted by Gasteiger charge is -2.24. The molecular formula is C27H28BrN3O7S. The Morgan fingerprint density at radius 2 is 1.31 bits per heavy atom. The van der Waals surface area contributed by atoms with Crippen molar-refractivity contribution in [2.45, 2.75) is 18.8 Å². The van der Waals surface area contributed by atoms with Gasteiger partial charge in [0.2, 0.25) is 21.8 Å². The lowest BCUT2D eigenvalue weighted by Crippen LogP contribution is -2.31. The zero-order valence-corrected chi connectivity index (χ0v) is 24.3. The second-order valence-electron chi connectivity index (χ2n) is 8.39. The summed E-state index contributed by atoms with van der Waals surface area (Å²) in [6.07, 6.45) is 0. The molecule has 0 fully saturated rings. The van der Waals surface area contributed by atoms with Crippen LogP contribution in [0.1, 0.15) is 17.0 Å². The molecule has 0 atom stereocenters. The quantitative estimate of drug-likeness (QED) is 0.215. The number of sulfonamides is 1. The predicted molar refractivity (Wildman–Crippen MR) is 148 cm³/mol. The van der Waals surface area contributed by atoms with E-state index >= 15 is 0 Å². The van der Waals surface area contributed by atoms with Gasteiger partial charge < -0.3 is 23.4 Å². The molecular weight excluding hydrogens is 590 g/mol. The van der Waals surface area contributed by atoms with E-state index in [-0.39, 0.29) is 24.9 Å². The van der Waals surface area contributed by atoms with Gasteiger partial charge in [0.1, 0.15) is 28.8 Å². The number of hydrogen-bond acceptors (Lipinski definition) is 9. The first-order chi connectivity index (χ1) is 18.8. The summed E-state index contributed by atoms with van der Waals surface area (Å²) in [6.45, 7) is 0.0246. The van der Waals surface area contributed by atoms with Crippen molar-refractivity contribution < 1.29 is 31.8 Å². The molecule has 0 aliphatic heterocycles. The van der Waals surface area contributed by atoms with Crippen LogP contribution in [0.3, 0.4) is 0 Å². The number of ether oxygens (including phenoxy) is 4. The lowest BCUT2D eigenvalue weighted by molar-refractivity contribution is 0.357. The molecule has 0 saturated heterocycles. The van der Waals surface area contributed by atoms with E-state index in [4.69, 9.17) is 23.4 Å². The van der Waals surface area contributed by atoms with Gasteiger partial charge in [-0.15, -0.1) is 10.2 Å². The molecule has 4 rings (SSSR count). The van der Waals surface area contributed by atoms with Gasteiger partial charge in [0, 0.05) is 46.4 Å². The first-order valence-electron chi connectivity index (χ1n) is 11.7. The van der Waals surface area contributed by atoms with Crippen LogP contribution in [0, 0.1) is 0 Å². The minimum Gasteiger partial charge on any atom is -0.497 e. The minimum absolute atomic E-state index is 0.0123. The highest BCUT2D eigenvalue weighted by Crippen LogP contribution is 2.31. The molecule has 0 aliphatic carbocycles. The summed E-state index contributed by atoms with van der Waals surface area (Å²) in [5.41, 5.74) is 1.98. The largest absolute Gasteiger partial charge is 0.497 e. The van der Waals surface area contributed by atoms with Crippen LogP contribution in [-0.4, -0.2) is 51.4 Å². The highest BCUT2D eigenvalue weighted by molar-refractivity contribution is 9.10. The summed E-state index contributed by atoms with van der Waals surface area (Å²) < 4.78 is 57.2. The molecule has 0 spiro atoms. The van der Waals surface area contributed by atoms with E-state index in [2.05, 4.69) is 26.1 Å². The van der Waals surface area contributed by atoms with Gasteiger partial charge in [0.05, 0.1) is 28.4 Å². The van der Waals surface area contributed by atoms with E-state index in [1.54, 1.807) is 62.8 Å². The fraction of sp³-hybridized carbons (Fsp3) is 0.259. The first kappa shape index (κ1) is 28.4. The van der Waals surface area contributed by atoms with Crippen molar-refractivity contribution in [2.75, 3.05) is 28.4 Å². The Kier molecular flexibility index (Phi) is 9.10. The summed E-state index contributed by atoms with van der Waals surface area (Å²) in [5, 5.41) is 8.03. The third-order valence-corrected chi connectivity index (χ3v) is 8.12. The Labute approximate surface area is 235 Å². The van der Waals surface area contributed by atoms with E-state index < -0.39 is 15.8 Å². The molecule has 3 aromatic carbocycles. The van der Waals surface area contributed by atoms with Crippen LogP contribution in [-0.2, 0) is 28.9 Å². The van der Waals surface area contributed by atoms with Gasteiger partial charge in [0.15, 0.2) is 0 Å². The molecule has 0 N–H and O–H groups in total. The Balaban J connectivity index is 1.67. The van der Waals surface area contributed by atoms with Crippen LogP contribution in [0.2, 0.25) is 0 Å². The number of methoxy groups -OCH3 is 4. The average molecular weight is 619 g/mol. The molecule has 0 bridgehead atoms. The topological polar surface area (TPSA) is 113 Å². The maximum Gasteiger partial charge on any atom is 0.247 e. The molecule has 39 heavy (non-hydrogen) atoms. The van der Waals surface area contributed by atoms with Crippen molar-refractivity contribution in [2.24, 2.45) is 0 Å². The second kappa shape index (κ2) is 12.5. The Hall–Kier alpha value is -3.61. The third-order valence-electron chi connectivity index (χ3n) is 5.94. The van der Waals surface area contributed by atoms with E-state index in [9.17, 15) is 8.42 Å². The number of nitrogens with zero attached hydrogens (tertiary/aromatic N) is 3. The highest BCUT2D eigenvalue weighted by atomic mass is 79.9. The summed E-state index contributed by atoms with van der Waals surface area (Å²) in [4.78, 5) is 0. The average Bonchev–Trinajstić information content (AvgIpc) is 3.40. The lowest BCUT2D eigenvalue weighted by atomic mass is 10.1. The molecule has 0 unspecified atom stereocenters. The fourth-order valence-electron chi connectivity index (χ4n) is 3.87. The van der Waals surface area contributed by atoms with E-state index in [1.165, 1.54) is 18.5 Å². The minimum atomic E-state index is -3.97. The maximum atomic E-state index is 13.8. The molecule has 4 aromatic rings. The number of benzene rings is 3. The molecule has 10 nitrogen and oxygen atoms in total. The predicted octanol–water partition coefficient (Wildman–Crippen LogP) is 5.07. The zero-order valence-electron chi connectivity index (χ0n) is 21.9. The Bertz CT molecular complexity index is 1470. The van der Waals surface area contributed by atoms with Crippen molar-refractivity contribution in [1.29, 1.82) is 0 Å². The van der Waals surface area contributed by atoms with Crippen molar-refractivity contribution in [3.63, 3.8) is 0 Å². The molecule has 0 saturated carbocycles. The molecule has 0 radical (unpaired) electrons. The third kappa shape index (κ3) is 6.88. The van der Waals surface area contributed by atoms with Crippen molar-refractivity contribution in [3.8, 4) is 34.5 Å². The van der Waals surface area contributed by atoms with Gasteiger partial charge in [-0.05, 0) is 36.4 Å². The maximum absolute atomic E-state index is 13.8. The molecule has 1 aromatic heterocycles. The Morgan fingerprint density at radius 3 is 1.79 bits per heavy atom. The number of halogens is 1. The van der Waals surface area contributed by atoms with Crippen LogP contribution >= 0.6 is 15.9 Å². The van der Waals surface area contributed by atoms with E-state index in [1.807, 2.05) is 12.1 Å².